The Morgan fingerprint density at radius 2 is 1.71 bits per heavy atom. The molecule has 0 N–H and O–H groups in total. The van der Waals surface area contributed by atoms with Gasteiger partial charge in [0.05, 0.1) is 5.56 Å². The molecule has 0 radical (unpaired) electrons. The first-order chi connectivity index (χ1) is 10.4. The number of hydrogen-bond donors (Lipinski definition) is 0. The first kappa shape index (κ1) is 17.4. The molecule has 0 amide bonds. The molecule has 2 nitrogen and oxygen atoms in total. The Hall–Kier alpha value is -1.62. The molecular formula is C19H27NO. The van der Waals surface area contributed by atoms with Gasteiger partial charge in [0, 0.05) is 24.4 Å². The molecule has 1 heterocycles. The van der Waals surface area contributed by atoms with Crippen molar-refractivity contribution in [2.75, 3.05) is 0 Å². The second kappa shape index (κ2) is 12.1. The summed E-state index contributed by atoms with van der Waals surface area (Å²) in [7, 11) is 0. The van der Waals surface area contributed by atoms with Crippen LogP contribution in [0.25, 0.3) is 0 Å². The van der Waals surface area contributed by atoms with Crippen molar-refractivity contribution >= 4 is 6.29 Å². The van der Waals surface area contributed by atoms with Crippen LogP contribution in [0.15, 0.2) is 18.5 Å². The van der Waals surface area contributed by atoms with Crippen LogP contribution in [0.1, 0.15) is 87.1 Å². The Labute approximate surface area is 129 Å². The topological polar surface area (TPSA) is 30.0 Å². The lowest BCUT2D eigenvalue weighted by molar-refractivity contribution is 0.112. The minimum Gasteiger partial charge on any atom is -0.298 e. The fourth-order valence-electron chi connectivity index (χ4n) is 2.29. The molecule has 0 atom stereocenters. The summed E-state index contributed by atoms with van der Waals surface area (Å²) in [6, 6.07) is 1.70. The van der Waals surface area contributed by atoms with Crippen LogP contribution in [-0.4, -0.2) is 11.3 Å². The summed E-state index contributed by atoms with van der Waals surface area (Å²) in [4.78, 5) is 14.8. The van der Waals surface area contributed by atoms with E-state index in [1.165, 1.54) is 51.4 Å². The van der Waals surface area contributed by atoms with E-state index >= 15 is 0 Å². The zero-order valence-corrected chi connectivity index (χ0v) is 13.2. The van der Waals surface area contributed by atoms with Crippen LogP contribution in [0.2, 0.25) is 0 Å². The molecule has 1 aromatic rings. The van der Waals surface area contributed by atoms with Crippen LogP contribution >= 0.6 is 0 Å². The van der Waals surface area contributed by atoms with Crippen LogP contribution in [0.4, 0.5) is 0 Å². The number of pyridine rings is 1. The van der Waals surface area contributed by atoms with E-state index in [1.54, 1.807) is 18.5 Å². The van der Waals surface area contributed by atoms with Crippen LogP contribution in [0.3, 0.4) is 0 Å². The maximum Gasteiger partial charge on any atom is 0.151 e. The first-order valence-electron chi connectivity index (χ1n) is 8.26. The van der Waals surface area contributed by atoms with Crippen molar-refractivity contribution in [2.24, 2.45) is 0 Å². The lowest BCUT2D eigenvalue weighted by atomic mass is 10.1. The molecule has 0 aliphatic carbocycles. The summed E-state index contributed by atoms with van der Waals surface area (Å²) in [5.74, 6) is 6.19. The highest BCUT2D eigenvalue weighted by atomic mass is 16.1. The average molecular weight is 285 g/mol. The molecule has 21 heavy (non-hydrogen) atoms. The largest absolute Gasteiger partial charge is 0.298 e. The fraction of sp³-hybridized carbons (Fsp3) is 0.579. The number of nitrogens with zero attached hydrogens (tertiary/aromatic N) is 1. The molecule has 114 valence electrons. The van der Waals surface area contributed by atoms with E-state index in [-0.39, 0.29) is 0 Å². The van der Waals surface area contributed by atoms with Crippen molar-refractivity contribution in [3.8, 4) is 11.8 Å². The van der Waals surface area contributed by atoms with Gasteiger partial charge in [0.15, 0.2) is 6.29 Å². The van der Waals surface area contributed by atoms with Gasteiger partial charge >= 0.3 is 0 Å². The number of unbranched alkanes of at least 4 members (excludes halogenated alkanes) is 9. The van der Waals surface area contributed by atoms with Gasteiger partial charge in [0.25, 0.3) is 0 Å². The molecule has 0 fully saturated rings. The van der Waals surface area contributed by atoms with Crippen molar-refractivity contribution in [1.29, 1.82) is 0 Å². The van der Waals surface area contributed by atoms with Crippen molar-refractivity contribution in [1.82, 2.24) is 4.98 Å². The number of hydrogen-bond acceptors (Lipinski definition) is 2. The zero-order valence-electron chi connectivity index (χ0n) is 13.2. The number of aromatic nitrogens is 1. The summed E-state index contributed by atoms with van der Waals surface area (Å²) < 4.78 is 0. The van der Waals surface area contributed by atoms with Crippen LogP contribution in [-0.2, 0) is 0 Å². The van der Waals surface area contributed by atoms with Gasteiger partial charge in [0.1, 0.15) is 0 Å². The van der Waals surface area contributed by atoms with E-state index in [4.69, 9.17) is 0 Å². The third kappa shape index (κ3) is 8.30. The standard InChI is InChI=1S/C19H27NO/c1-2-3-4-5-6-7-8-9-10-11-12-13-18-16-20-15-14-19(18)17-21/h14-17H,2-11H2,1H3. The normalized spacial score (nSPS) is 9.95. The number of carbonyl (C=O) groups is 1. The van der Waals surface area contributed by atoms with E-state index in [2.05, 4.69) is 23.7 Å². The molecule has 1 aromatic heterocycles. The molecule has 0 saturated carbocycles. The molecule has 0 aromatic carbocycles. The van der Waals surface area contributed by atoms with Gasteiger partial charge in [-0.25, -0.2) is 0 Å². The van der Waals surface area contributed by atoms with E-state index in [0.29, 0.717) is 5.56 Å². The highest BCUT2D eigenvalue weighted by Crippen LogP contribution is 2.10. The maximum absolute atomic E-state index is 10.8. The quantitative estimate of drug-likeness (QED) is 0.337. The van der Waals surface area contributed by atoms with Gasteiger partial charge in [-0.05, 0) is 12.5 Å². The minimum atomic E-state index is 0.629. The molecule has 1 rings (SSSR count). The molecule has 0 spiro atoms. The minimum absolute atomic E-state index is 0.629. The molecule has 0 aliphatic heterocycles. The SMILES string of the molecule is CCCCCCCCCCCC#Cc1cnccc1C=O. The van der Waals surface area contributed by atoms with Crippen LogP contribution in [0, 0.1) is 11.8 Å². The third-order valence-corrected chi connectivity index (χ3v) is 3.61. The second-order valence-electron chi connectivity index (χ2n) is 5.46. The zero-order chi connectivity index (χ0) is 15.2. The third-order valence-electron chi connectivity index (χ3n) is 3.61. The molecule has 0 bridgehead atoms. The maximum atomic E-state index is 10.8. The van der Waals surface area contributed by atoms with Crippen molar-refractivity contribution in [3.63, 3.8) is 0 Å². The fourth-order valence-corrected chi connectivity index (χ4v) is 2.29. The second-order valence-corrected chi connectivity index (χ2v) is 5.46. The Morgan fingerprint density at radius 1 is 1.05 bits per heavy atom. The molecule has 0 unspecified atom stereocenters. The highest BCUT2D eigenvalue weighted by Gasteiger charge is 1.96. The van der Waals surface area contributed by atoms with E-state index < -0.39 is 0 Å². The highest BCUT2D eigenvalue weighted by molar-refractivity contribution is 5.78. The lowest BCUT2D eigenvalue weighted by Crippen LogP contribution is -1.87. The smallest absolute Gasteiger partial charge is 0.151 e. The molecule has 0 saturated heterocycles. The Kier molecular flexibility index (Phi) is 10.1. The Balaban J connectivity index is 2.07. The number of rotatable bonds is 10. The number of aldehydes is 1. The van der Waals surface area contributed by atoms with Crippen LogP contribution < -0.4 is 0 Å². The predicted octanol–water partition coefficient (Wildman–Crippen LogP) is 5.17. The average Bonchev–Trinajstić information content (AvgIpc) is 2.53. The summed E-state index contributed by atoms with van der Waals surface area (Å²) >= 11 is 0. The molecule has 0 aliphatic rings. The summed E-state index contributed by atoms with van der Waals surface area (Å²) in [6.45, 7) is 2.25. The van der Waals surface area contributed by atoms with Gasteiger partial charge in [-0.1, -0.05) is 70.1 Å². The van der Waals surface area contributed by atoms with Gasteiger partial charge in [0.2, 0.25) is 0 Å². The predicted molar refractivity (Wildman–Crippen MR) is 88.3 cm³/mol. The first-order valence-corrected chi connectivity index (χ1v) is 8.26. The van der Waals surface area contributed by atoms with E-state index in [0.717, 1.165) is 24.7 Å². The number of carbonyl (C=O) groups excluding carboxylic acids is 1. The van der Waals surface area contributed by atoms with Gasteiger partial charge in [-0.2, -0.15) is 0 Å². The monoisotopic (exact) mass is 285 g/mol. The van der Waals surface area contributed by atoms with Gasteiger partial charge in [-0.3, -0.25) is 9.78 Å². The van der Waals surface area contributed by atoms with Crippen LogP contribution in [0.5, 0.6) is 0 Å². The van der Waals surface area contributed by atoms with Gasteiger partial charge in [-0.15, -0.1) is 0 Å². The lowest BCUT2D eigenvalue weighted by Gasteiger charge is -2.00. The summed E-state index contributed by atoms with van der Waals surface area (Å²) in [5.41, 5.74) is 1.37. The van der Waals surface area contributed by atoms with Crippen molar-refractivity contribution in [3.05, 3.63) is 29.6 Å². The van der Waals surface area contributed by atoms with Gasteiger partial charge < -0.3 is 0 Å². The molecule has 2 heteroatoms. The Morgan fingerprint density at radius 3 is 2.38 bits per heavy atom. The Bertz CT molecular complexity index is 456. The van der Waals surface area contributed by atoms with E-state index in [1.807, 2.05) is 0 Å². The molecular weight excluding hydrogens is 258 g/mol. The van der Waals surface area contributed by atoms with Crippen molar-refractivity contribution in [2.45, 2.75) is 71.1 Å². The summed E-state index contributed by atoms with van der Waals surface area (Å²) in [5, 5.41) is 0. The summed E-state index contributed by atoms with van der Waals surface area (Å²) in [6.07, 6.45) is 17.0. The van der Waals surface area contributed by atoms with E-state index in [9.17, 15) is 4.79 Å². The van der Waals surface area contributed by atoms with Crippen molar-refractivity contribution < 1.29 is 4.79 Å².